The summed E-state index contributed by atoms with van der Waals surface area (Å²) in [7, 11) is 0. The number of hydrogen-bond acceptors (Lipinski definition) is 3. The third-order valence-corrected chi connectivity index (χ3v) is 4.45. The Morgan fingerprint density at radius 3 is 2.09 bits per heavy atom. The Morgan fingerprint density at radius 1 is 1.00 bits per heavy atom. The van der Waals surface area contributed by atoms with E-state index in [1.807, 2.05) is 20.8 Å². The van der Waals surface area contributed by atoms with Crippen LogP contribution >= 0.6 is 0 Å². The molecule has 2 fully saturated rings. The molecule has 124 valence electrons. The molecule has 0 N–H and O–H groups in total. The van der Waals surface area contributed by atoms with Crippen molar-refractivity contribution in [2.45, 2.75) is 103 Å². The Bertz CT molecular complexity index is 432. The quantitative estimate of drug-likeness (QED) is 0.544. The zero-order chi connectivity index (χ0) is 16.0. The summed E-state index contributed by atoms with van der Waals surface area (Å²) in [6.07, 6.45) is 11.4. The number of carbonyl (C=O) groups is 1. The molecule has 0 aromatic rings. The smallest absolute Gasteiger partial charge is 0.425 e. The van der Waals surface area contributed by atoms with Crippen molar-refractivity contribution in [2.75, 3.05) is 0 Å². The number of amides is 1. The van der Waals surface area contributed by atoms with Gasteiger partial charge in [0.2, 0.25) is 0 Å². The number of hydrogen-bond donors (Lipinski definition) is 0. The van der Waals surface area contributed by atoms with Crippen LogP contribution in [0.3, 0.4) is 0 Å². The molecule has 0 aromatic heterocycles. The van der Waals surface area contributed by atoms with Crippen molar-refractivity contribution < 1.29 is 14.1 Å². The Kier molecular flexibility index (Phi) is 6.19. The molecule has 0 spiro atoms. The van der Waals surface area contributed by atoms with E-state index in [1.165, 1.54) is 38.5 Å². The average Bonchev–Trinajstić information content (AvgIpc) is 2.48. The molecule has 4 heteroatoms. The number of nitrogens with zero attached hydrogens (tertiary/aromatic N) is 2. The summed E-state index contributed by atoms with van der Waals surface area (Å²) in [5.41, 5.74) is -0.476. The van der Waals surface area contributed by atoms with Crippen molar-refractivity contribution in [3.8, 4) is 0 Å². The van der Waals surface area contributed by atoms with E-state index >= 15 is 0 Å². The first-order chi connectivity index (χ1) is 10.5. The minimum absolute atomic E-state index is 0.205. The van der Waals surface area contributed by atoms with Crippen LogP contribution in [0.4, 0.5) is 4.79 Å². The number of carbonyl (C=O) groups excluding carboxylic acids is 1. The van der Waals surface area contributed by atoms with E-state index in [0.717, 1.165) is 25.7 Å². The summed E-state index contributed by atoms with van der Waals surface area (Å²) < 4.78 is 7.21. The molecular weight excluding hydrogens is 276 g/mol. The summed E-state index contributed by atoms with van der Waals surface area (Å²) in [5, 5.41) is 0. The predicted molar refractivity (Wildman–Crippen MR) is 87.7 cm³/mol. The van der Waals surface area contributed by atoms with E-state index in [4.69, 9.17) is 4.74 Å². The normalized spacial score (nSPS) is 21.0. The zero-order valence-corrected chi connectivity index (χ0v) is 14.4. The van der Waals surface area contributed by atoms with E-state index in [-0.39, 0.29) is 12.1 Å². The van der Waals surface area contributed by atoms with Gasteiger partial charge in [-0.15, -0.1) is 4.58 Å². The highest BCUT2D eigenvalue weighted by Gasteiger charge is 2.31. The molecule has 0 saturated heterocycles. The van der Waals surface area contributed by atoms with Crippen LogP contribution in [-0.2, 0) is 4.74 Å². The highest BCUT2D eigenvalue weighted by atomic mass is 16.6. The summed E-state index contributed by atoms with van der Waals surface area (Å²) in [4.78, 5) is 17.1. The Labute approximate surface area is 134 Å². The lowest BCUT2D eigenvalue weighted by Gasteiger charge is -2.23. The first-order valence-corrected chi connectivity index (χ1v) is 8.93. The minimum Gasteiger partial charge on any atom is -0.425 e. The maximum atomic E-state index is 12.5. The van der Waals surface area contributed by atoms with Gasteiger partial charge in [-0.3, -0.25) is 0 Å². The van der Waals surface area contributed by atoms with Crippen LogP contribution in [0.2, 0.25) is 0 Å². The molecule has 0 atom stereocenters. The molecule has 2 aliphatic carbocycles. The van der Waals surface area contributed by atoms with Gasteiger partial charge in [-0.05, 0) is 77.1 Å². The van der Waals surface area contributed by atoms with Crippen molar-refractivity contribution in [3.63, 3.8) is 0 Å². The lowest BCUT2D eigenvalue weighted by Crippen LogP contribution is -2.37. The molecule has 0 heterocycles. The number of rotatable bonds is 2. The second-order valence-corrected chi connectivity index (χ2v) is 7.66. The van der Waals surface area contributed by atoms with Gasteiger partial charge in [0, 0.05) is 0 Å². The molecule has 0 bridgehead atoms. The molecule has 0 aliphatic heterocycles. The fourth-order valence-electron chi connectivity index (χ4n) is 3.28. The van der Waals surface area contributed by atoms with E-state index in [2.05, 4.69) is 11.0 Å². The van der Waals surface area contributed by atoms with Gasteiger partial charge in [-0.2, -0.15) is 4.79 Å². The first kappa shape index (κ1) is 17.2. The zero-order valence-electron chi connectivity index (χ0n) is 14.4. The van der Waals surface area contributed by atoms with E-state index in [9.17, 15) is 4.79 Å². The molecule has 2 rings (SSSR count). The lowest BCUT2D eigenvalue weighted by molar-refractivity contribution is -0.490. The SMILES string of the molecule is CC(C)(C)OC(=O)[N+](=C=NC1CCCCC1)C1CCCCC1. The molecule has 4 nitrogen and oxygen atoms in total. The predicted octanol–water partition coefficient (Wildman–Crippen LogP) is 4.77. The summed E-state index contributed by atoms with van der Waals surface area (Å²) in [5.74, 6) is 0. The third kappa shape index (κ3) is 5.57. The van der Waals surface area contributed by atoms with Gasteiger partial charge in [0.05, 0.1) is 0 Å². The summed E-state index contributed by atoms with van der Waals surface area (Å²) >= 11 is 0. The van der Waals surface area contributed by atoms with Crippen LogP contribution in [0.5, 0.6) is 0 Å². The van der Waals surface area contributed by atoms with Gasteiger partial charge in [-0.25, -0.2) is 0 Å². The van der Waals surface area contributed by atoms with Crippen molar-refractivity contribution in [1.82, 2.24) is 0 Å². The van der Waals surface area contributed by atoms with Crippen LogP contribution in [0.1, 0.15) is 85.0 Å². The van der Waals surface area contributed by atoms with Crippen LogP contribution in [0.15, 0.2) is 4.99 Å². The van der Waals surface area contributed by atoms with Gasteiger partial charge in [-0.1, -0.05) is 12.8 Å². The number of ether oxygens (including phenoxy) is 1. The molecule has 0 unspecified atom stereocenters. The highest BCUT2D eigenvalue weighted by Crippen LogP contribution is 2.22. The third-order valence-electron chi connectivity index (χ3n) is 4.45. The van der Waals surface area contributed by atoms with E-state index < -0.39 is 5.60 Å². The fraction of sp³-hybridized carbons (Fsp3) is 0.889. The molecule has 0 radical (unpaired) electrons. The van der Waals surface area contributed by atoms with Crippen LogP contribution in [-0.4, -0.2) is 34.4 Å². The van der Waals surface area contributed by atoms with Crippen LogP contribution in [0.25, 0.3) is 0 Å². The first-order valence-electron chi connectivity index (χ1n) is 8.93. The second kappa shape index (κ2) is 7.92. The highest BCUT2D eigenvalue weighted by molar-refractivity contribution is 5.62. The van der Waals surface area contributed by atoms with Gasteiger partial charge in [0.25, 0.3) is 0 Å². The van der Waals surface area contributed by atoms with Crippen molar-refractivity contribution >= 4 is 12.1 Å². The standard InChI is InChI=1S/C18H31N2O2/c1-18(2,3)22-17(21)20(16-12-8-5-9-13-16)14-19-15-10-6-4-7-11-15/h15-16H,4-13H2,1-3H3/q+1. The van der Waals surface area contributed by atoms with E-state index in [0.29, 0.717) is 6.04 Å². The monoisotopic (exact) mass is 307 g/mol. The van der Waals surface area contributed by atoms with Crippen molar-refractivity contribution in [3.05, 3.63) is 0 Å². The summed E-state index contributed by atoms with van der Waals surface area (Å²) in [6, 6.07) is 3.61. The largest absolute Gasteiger partial charge is 0.515 e. The molecule has 22 heavy (non-hydrogen) atoms. The maximum Gasteiger partial charge on any atom is 0.515 e. The van der Waals surface area contributed by atoms with E-state index in [1.54, 1.807) is 4.58 Å². The Balaban J connectivity index is 2.15. The topological polar surface area (TPSA) is 41.7 Å². The molecule has 2 aliphatic rings. The lowest BCUT2D eigenvalue weighted by atomic mass is 9.95. The maximum absolute atomic E-state index is 12.5. The Morgan fingerprint density at radius 2 is 1.55 bits per heavy atom. The van der Waals surface area contributed by atoms with Crippen LogP contribution in [0, 0.1) is 0 Å². The van der Waals surface area contributed by atoms with Gasteiger partial charge >= 0.3 is 12.1 Å². The Hall–Kier alpha value is -1.15. The second-order valence-electron chi connectivity index (χ2n) is 7.66. The summed E-state index contributed by atoms with van der Waals surface area (Å²) in [6.45, 7) is 5.71. The van der Waals surface area contributed by atoms with Gasteiger partial charge in [0.15, 0.2) is 6.04 Å². The number of aliphatic imine (C=N–C) groups is 1. The molecule has 0 aromatic carbocycles. The molecule has 1 amide bonds. The average molecular weight is 307 g/mol. The molecular formula is C18H31N2O2+. The fourth-order valence-corrected chi connectivity index (χ4v) is 3.28. The van der Waals surface area contributed by atoms with Crippen LogP contribution < -0.4 is 0 Å². The minimum atomic E-state index is -0.476. The molecule has 2 saturated carbocycles. The van der Waals surface area contributed by atoms with Crippen molar-refractivity contribution in [1.29, 1.82) is 0 Å². The van der Waals surface area contributed by atoms with Gasteiger partial charge in [0.1, 0.15) is 11.6 Å². The van der Waals surface area contributed by atoms with Crippen molar-refractivity contribution in [2.24, 2.45) is 4.99 Å². The van der Waals surface area contributed by atoms with Gasteiger partial charge < -0.3 is 4.74 Å².